The van der Waals surface area contributed by atoms with Crippen molar-refractivity contribution in [1.29, 1.82) is 0 Å². The minimum absolute atomic E-state index is 0.000506. The lowest BCUT2D eigenvalue weighted by atomic mass is 10.0. The average Bonchev–Trinajstić information content (AvgIpc) is 2.60. The van der Waals surface area contributed by atoms with Gasteiger partial charge in [0.1, 0.15) is 0 Å². The Morgan fingerprint density at radius 3 is 2.64 bits per heavy atom. The number of nitrogens with one attached hydrogen (secondary N) is 1. The zero-order valence-electron chi connectivity index (χ0n) is 13.8. The number of aromatic hydroxyl groups is 1. The monoisotopic (exact) mass is 400 g/mol. The molecule has 3 aromatic rings. The molecule has 0 radical (unpaired) electrons. The molecule has 2 aromatic carbocycles. The smallest absolute Gasteiger partial charge is 0.293 e. The number of nitrogens with zero attached hydrogens (tertiary/aromatic N) is 1. The van der Waals surface area contributed by atoms with Crippen LogP contribution in [0.25, 0.3) is 10.9 Å². The van der Waals surface area contributed by atoms with Crippen molar-refractivity contribution in [1.82, 2.24) is 9.88 Å². The first-order valence-electron chi connectivity index (χ1n) is 7.77. The fourth-order valence-electron chi connectivity index (χ4n) is 2.84. The van der Waals surface area contributed by atoms with Gasteiger partial charge in [0.15, 0.2) is 5.75 Å². The number of aromatic nitrogens is 1. The normalized spacial score (nSPS) is 12.1. The van der Waals surface area contributed by atoms with E-state index in [1.165, 1.54) is 4.57 Å². The van der Waals surface area contributed by atoms with Gasteiger partial charge in [-0.3, -0.25) is 9.59 Å². The van der Waals surface area contributed by atoms with Crippen molar-refractivity contribution in [2.75, 3.05) is 0 Å². The molecule has 1 heterocycles. The van der Waals surface area contributed by atoms with E-state index in [0.717, 1.165) is 10.0 Å². The average molecular weight is 401 g/mol. The summed E-state index contributed by atoms with van der Waals surface area (Å²) in [4.78, 5) is 25.0. The van der Waals surface area contributed by atoms with E-state index in [9.17, 15) is 14.7 Å². The topological polar surface area (TPSA) is 71.3 Å². The number of fused-ring (bicyclic) bond motifs is 1. The van der Waals surface area contributed by atoms with E-state index in [1.54, 1.807) is 31.3 Å². The van der Waals surface area contributed by atoms with E-state index in [0.29, 0.717) is 10.9 Å². The van der Waals surface area contributed by atoms with Gasteiger partial charge in [-0.1, -0.05) is 46.3 Å². The number of amides is 1. The summed E-state index contributed by atoms with van der Waals surface area (Å²) >= 11 is 3.41. The third kappa shape index (κ3) is 3.17. The van der Waals surface area contributed by atoms with Crippen molar-refractivity contribution in [3.05, 3.63) is 74.5 Å². The highest BCUT2D eigenvalue weighted by molar-refractivity contribution is 9.10. The quantitative estimate of drug-likeness (QED) is 0.706. The Hall–Kier alpha value is -2.60. The number of hydrogen-bond acceptors (Lipinski definition) is 3. The standard InChI is InChI=1S/C19H17BrN2O3/c1-11(12-6-5-7-13(20)10-12)21-18(24)16-14-8-3-4-9-15(14)22(2)19(25)17(16)23/h3-11,23H,1-2H3,(H,21,24). The summed E-state index contributed by atoms with van der Waals surface area (Å²) in [5, 5.41) is 13.7. The van der Waals surface area contributed by atoms with Gasteiger partial charge in [0, 0.05) is 16.9 Å². The van der Waals surface area contributed by atoms with E-state index >= 15 is 0 Å². The molecule has 3 rings (SSSR count). The highest BCUT2D eigenvalue weighted by Gasteiger charge is 2.22. The third-order valence-corrected chi connectivity index (χ3v) is 4.70. The lowest BCUT2D eigenvalue weighted by molar-refractivity contribution is 0.0938. The zero-order valence-corrected chi connectivity index (χ0v) is 15.4. The molecule has 5 nitrogen and oxygen atoms in total. The second-order valence-electron chi connectivity index (χ2n) is 5.86. The van der Waals surface area contributed by atoms with Gasteiger partial charge in [0.25, 0.3) is 11.5 Å². The number of aryl methyl sites for hydroxylation is 1. The fraction of sp³-hybridized carbons (Fsp3) is 0.158. The Morgan fingerprint density at radius 1 is 1.20 bits per heavy atom. The summed E-state index contributed by atoms with van der Waals surface area (Å²) in [5.74, 6) is -1.03. The van der Waals surface area contributed by atoms with Crippen molar-refractivity contribution in [2.24, 2.45) is 7.05 Å². The highest BCUT2D eigenvalue weighted by atomic mass is 79.9. The number of benzene rings is 2. The molecule has 6 heteroatoms. The van der Waals surface area contributed by atoms with E-state index in [4.69, 9.17) is 0 Å². The Kier molecular flexibility index (Phi) is 4.63. The predicted molar refractivity (Wildman–Crippen MR) is 101 cm³/mol. The first-order valence-corrected chi connectivity index (χ1v) is 8.56. The molecule has 0 aliphatic carbocycles. The Morgan fingerprint density at radius 2 is 1.92 bits per heavy atom. The molecule has 1 unspecified atom stereocenters. The van der Waals surface area contributed by atoms with Gasteiger partial charge >= 0.3 is 0 Å². The third-order valence-electron chi connectivity index (χ3n) is 4.20. The largest absolute Gasteiger partial charge is 0.502 e. The van der Waals surface area contributed by atoms with Crippen molar-refractivity contribution >= 4 is 32.7 Å². The van der Waals surface area contributed by atoms with Crippen molar-refractivity contribution in [3.63, 3.8) is 0 Å². The minimum Gasteiger partial charge on any atom is -0.502 e. The van der Waals surface area contributed by atoms with Crippen LogP contribution in [0.1, 0.15) is 28.9 Å². The predicted octanol–water partition coefficient (Wildman–Crippen LogP) is 3.50. The Balaban J connectivity index is 2.04. The van der Waals surface area contributed by atoms with Crippen molar-refractivity contribution < 1.29 is 9.90 Å². The molecule has 0 bridgehead atoms. The van der Waals surface area contributed by atoms with Crippen LogP contribution in [0.15, 0.2) is 57.8 Å². The summed E-state index contributed by atoms with van der Waals surface area (Å²) < 4.78 is 2.24. The van der Waals surface area contributed by atoms with Gasteiger partial charge < -0.3 is 15.0 Å². The summed E-state index contributed by atoms with van der Waals surface area (Å²) in [5.41, 5.74) is 0.903. The van der Waals surface area contributed by atoms with Crippen LogP contribution in [-0.4, -0.2) is 15.6 Å². The number of rotatable bonds is 3. The highest BCUT2D eigenvalue weighted by Crippen LogP contribution is 2.25. The lowest BCUT2D eigenvalue weighted by Gasteiger charge is -2.17. The summed E-state index contributed by atoms with van der Waals surface area (Å²) in [6.45, 7) is 1.85. The van der Waals surface area contributed by atoms with Crippen molar-refractivity contribution in [2.45, 2.75) is 13.0 Å². The molecular formula is C19H17BrN2O3. The number of hydrogen-bond donors (Lipinski definition) is 2. The van der Waals surface area contributed by atoms with Crippen molar-refractivity contribution in [3.8, 4) is 5.75 Å². The SMILES string of the molecule is CC(NC(=O)c1c(O)c(=O)n(C)c2ccccc12)c1cccc(Br)c1. The van der Waals surface area contributed by atoms with Crippen LogP contribution in [0.2, 0.25) is 0 Å². The van der Waals surface area contributed by atoms with Crippen LogP contribution in [0.4, 0.5) is 0 Å². The molecule has 1 atom stereocenters. The summed E-state index contributed by atoms with van der Waals surface area (Å²) in [6, 6.07) is 14.3. The maximum atomic E-state index is 12.8. The first kappa shape index (κ1) is 17.2. The fourth-order valence-corrected chi connectivity index (χ4v) is 3.26. The number of carbonyl (C=O) groups is 1. The van der Waals surface area contributed by atoms with Crippen LogP contribution in [0.5, 0.6) is 5.75 Å². The molecule has 0 saturated heterocycles. The second-order valence-corrected chi connectivity index (χ2v) is 6.77. The number of pyridine rings is 1. The number of para-hydroxylation sites is 1. The molecule has 25 heavy (non-hydrogen) atoms. The first-order chi connectivity index (χ1) is 11.9. The lowest BCUT2D eigenvalue weighted by Crippen LogP contribution is -2.29. The van der Waals surface area contributed by atoms with Crippen LogP contribution in [0, 0.1) is 0 Å². The maximum Gasteiger partial charge on any atom is 0.293 e. The van der Waals surface area contributed by atoms with Gasteiger partial charge in [-0.2, -0.15) is 0 Å². The minimum atomic E-state index is -0.598. The molecule has 1 aromatic heterocycles. The molecule has 0 fully saturated rings. The summed E-state index contributed by atoms with van der Waals surface area (Å²) in [7, 11) is 1.57. The molecule has 128 valence electrons. The van der Waals surface area contributed by atoms with Gasteiger partial charge in [-0.25, -0.2) is 0 Å². The molecule has 0 spiro atoms. The van der Waals surface area contributed by atoms with Crippen LogP contribution in [0.3, 0.4) is 0 Å². The number of halogens is 1. The van der Waals surface area contributed by atoms with E-state index < -0.39 is 17.2 Å². The maximum absolute atomic E-state index is 12.8. The molecule has 2 N–H and O–H groups in total. The Labute approximate surface area is 153 Å². The molecule has 0 aliphatic rings. The zero-order chi connectivity index (χ0) is 18.1. The molecule has 0 aliphatic heterocycles. The number of carbonyl (C=O) groups excluding carboxylic acids is 1. The van der Waals surface area contributed by atoms with E-state index in [2.05, 4.69) is 21.2 Å². The van der Waals surface area contributed by atoms with Gasteiger partial charge in [-0.05, 0) is 30.7 Å². The van der Waals surface area contributed by atoms with Gasteiger partial charge in [0.05, 0.1) is 17.1 Å². The molecular weight excluding hydrogens is 384 g/mol. The van der Waals surface area contributed by atoms with Crippen LogP contribution in [-0.2, 0) is 7.05 Å². The van der Waals surface area contributed by atoms with Crippen LogP contribution < -0.4 is 10.9 Å². The van der Waals surface area contributed by atoms with Crippen LogP contribution >= 0.6 is 15.9 Å². The molecule has 0 saturated carbocycles. The van der Waals surface area contributed by atoms with Gasteiger partial charge in [0.2, 0.25) is 0 Å². The molecule has 1 amide bonds. The summed E-state index contributed by atoms with van der Waals surface area (Å²) in [6.07, 6.45) is 0. The van der Waals surface area contributed by atoms with E-state index in [1.807, 2.05) is 31.2 Å². The van der Waals surface area contributed by atoms with Gasteiger partial charge in [-0.15, -0.1) is 0 Å². The second kappa shape index (κ2) is 6.72. The Bertz CT molecular complexity index is 1030. The van der Waals surface area contributed by atoms with E-state index in [-0.39, 0.29) is 11.6 Å².